The van der Waals surface area contributed by atoms with Gasteiger partial charge in [0.25, 0.3) is 0 Å². The highest BCUT2D eigenvalue weighted by molar-refractivity contribution is 5.93. The molecule has 0 aromatic heterocycles. The Hall–Kier alpha value is -6.64. The van der Waals surface area contributed by atoms with Gasteiger partial charge in [-0.25, -0.2) is 0 Å². The molecule has 0 bridgehead atoms. The Morgan fingerprint density at radius 2 is 0.518 bits per heavy atom. The van der Waals surface area contributed by atoms with E-state index in [1.54, 1.807) is 0 Å². The summed E-state index contributed by atoms with van der Waals surface area (Å²) >= 11 is 0. The number of anilines is 6. The summed E-state index contributed by atoms with van der Waals surface area (Å²) in [5.41, 5.74) is 19.2. The van der Waals surface area contributed by atoms with Crippen molar-refractivity contribution in [3.8, 4) is 33.4 Å². The molecule has 56 heavy (non-hydrogen) atoms. The van der Waals surface area contributed by atoms with Gasteiger partial charge < -0.3 is 9.80 Å². The van der Waals surface area contributed by atoms with Gasteiger partial charge in [0.2, 0.25) is 0 Å². The van der Waals surface area contributed by atoms with Crippen LogP contribution < -0.4 is 9.80 Å². The molecule has 2 aliphatic rings. The van der Waals surface area contributed by atoms with E-state index in [4.69, 9.17) is 0 Å². The van der Waals surface area contributed by atoms with Gasteiger partial charge in [0, 0.05) is 22.2 Å². The molecule has 0 radical (unpaired) electrons. The molecule has 0 atom stereocenters. The third-order valence-corrected chi connectivity index (χ3v) is 12.2. The third kappa shape index (κ3) is 5.39. The fraction of sp³-hybridized carbons (Fsp3) is 0.111. The number of nitrogens with zero attached hydrogens (tertiary/aromatic N) is 2. The molecule has 0 saturated heterocycles. The highest BCUT2D eigenvalue weighted by Gasteiger charge is 2.38. The SMILES string of the molecule is CC1(C)c2ccccc2N(c2cc(-c3ccccc3)cc(-c3cc(-c4ccccc4)cc(N4c5ccccc5C(C)(C)c5ccccc54)c3)c2)c2ccccc21. The Balaban J connectivity index is 1.24. The monoisotopic (exact) mass is 720 g/mol. The number of fused-ring (bicyclic) bond motifs is 4. The lowest BCUT2D eigenvalue weighted by Gasteiger charge is -2.42. The van der Waals surface area contributed by atoms with Gasteiger partial charge >= 0.3 is 0 Å². The molecule has 8 aromatic rings. The van der Waals surface area contributed by atoms with E-state index < -0.39 is 0 Å². The van der Waals surface area contributed by atoms with Crippen molar-refractivity contribution in [3.05, 3.63) is 216 Å². The van der Waals surface area contributed by atoms with Crippen molar-refractivity contribution in [1.29, 1.82) is 0 Å². The van der Waals surface area contributed by atoms with Crippen molar-refractivity contribution in [2.24, 2.45) is 0 Å². The lowest BCUT2D eigenvalue weighted by atomic mass is 9.73. The Morgan fingerprint density at radius 1 is 0.268 bits per heavy atom. The maximum absolute atomic E-state index is 2.48. The molecule has 8 aromatic carbocycles. The first-order chi connectivity index (χ1) is 27.3. The average molecular weight is 721 g/mol. The minimum atomic E-state index is -0.141. The predicted octanol–water partition coefficient (Wildman–Crippen LogP) is 14.9. The summed E-state index contributed by atoms with van der Waals surface area (Å²) in [7, 11) is 0. The van der Waals surface area contributed by atoms with Gasteiger partial charge in [-0.2, -0.15) is 0 Å². The second-order valence-corrected chi connectivity index (χ2v) is 16.3. The van der Waals surface area contributed by atoms with Crippen molar-refractivity contribution in [3.63, 3.8) is 0 Å². The average Bonchev–Trinajstić information content (AvgIpc) is 3.24. The zero-order chi connectivity index (χ0) is 38.0. The van der Waals surface area contributed by atoms with Crippen LogP contribution in [0.5, 0.6) is 0 Å². The van der Waals surface area contributed by atoms with E-state index in [1.165, 1.54) is 78.4 Å². The maximum Gasteiger partial charge on any atom is 0.0502 e. The standard InChI is InChI=1S/C54H44N2/c1-53(2)45-23-11-15-27-49(45)55(50-28-16-12-24-46(50)53)43-33-39(37-19-7-5-8-20-37)31-41(35-43)42-32-40(38-21-9-6-10-22-38)34-44(36-42)56-51-29-17-13-25-47(51)54(3,4)48-26-14-18-30-52(48)56/h5-36H,1-4H3. The van der Waals surface area contributed by atoms with E-state index in [1.807, 2.05) is 0 Å². The van der Waals surface area contributed by atoms with Crippen molar-refractivity contribution in [1.82, 2.24) is 0 Å². The van der Waals surface area contributed by atoms with Crippen LogP contribution >= 0.6 is 0 Å². The van der Waals surface area contributed by atoms with Crippen LogP contribution in [0, 0.1) is 0 Å². The number of hydrogen-bond acceptors (Lipinski definition) is 2. The molecule has 10 rings (SSSR count). The molecule has 0 N–H and O–H groups in total. The van der Waals surface area contributed by atoms with Gasteiger partial charge in [-0.15, -0.1) is 0 Å². The maximum atomic E-state index is 2.48. The zero-order valence-corrected chi connectivity index (χ0v) is 32.4. The number of hydrogen-bond donors (Lipinski definition) is 0. The predicted molar refractivity (Wildman–Crippen MR) is 236 cm³/mol. The van der Waals surface area contributed by atoms with E-state index in [2.05, 4.69) is 232 Å². The van der Waals surface area contributed by atoms with E-state index in [9.17, 15) is 0 Å². The minimum Gasteiger partial charge on any atom is -0.310 e. The van der Waals surface area contributed by atoms with Crippen molar-refractivity contribution >= 4 is 34.1 Å². The van der Waals surface area contributed by atoms with Gasteiger partial charge in [-0.1, -0.05) is 161 Å². The van der Waals surface area contributed by atoms with Crippen LogP contribution in [-0.2, 0) is 10.8 Å². The minimum absolute atomic E-state index is 0.141. The quantitative estimate of drug-likeness (QED) is 0.175. The van der Waals surface area contributed by atoms with Crippen LogP contribution in [0.1, 0.15) is 49.9 Å². The fourth-order valence-corrected chi connectivity index (χ4v) is 9.30. The Morgan fingerprint density at radius 3 is 0.821 bits per heavy atom. The lowest BCUT2D eigenvalue weighted by Crippen LogP contribution is -2.30. The molecule has 0 amide bonds. The zero-order valence-electron chi connectivity index (χ0n) is 32.4. The number of rotatable bonds is 5. The fourth-order valence-electron chi connectivity index (χ4n) is 9.30. The van der Waals surface area contributed by atoms with Gasteiger partial charge in [-0.3, -0.25) is 0 Å². The van der Waals surface area contributed by atoms with Gasteiger partial charge in [0.15, 0.2) is 0 Å². The smallest absolute Gasteiger partial charge is 0.0502 e. The summed E-state index contributed by atoms with van der Waals surface area (Å²) in [5.74, 6) is 0. The van der Waals surface area contributed by atoms with Crippen molar-refractivity contribution in [2.45, 2.75) is 38.5 Å². The second kappa shape index (κ2) is 13.0. The van der Waals surface area contributed by atoms with Gasteiger partial charge in [0.05, 0.1) is 22.7 Å². The molecule has 0 unspecified atom stereocenters. The summed E-state index contributed by atoms with van der Waals surface area (Å²) in [5, 5.41) is 0. The molecule has 270 valence electrons. The van der Waals surface area contributed by atoms with E-state index >= 15 is 0 Å². The first kappa shape index (κ1) is 33.9. The first-order valence-electron chi connectivity index (χ1n) is 19.7. The highest BCUT2D eigenvalue weighted by Crippen LogP contribution is 2.54. The van der Waals surface area contributed by atoms with Gasteiger partial charge in [-0.05, 0) is 116 Å². The molecule has 2 nitrogen and oxygen atoms in total. The normalized spacial score (nSPS) is 14.6. The lowest BCUT2D eigenvalue weighted by molar-refractivity contribution is 0.631. The van der Waals surface area contributed by atoms with E-state index in [0.717, 1.165) is 11.4 Å². The topological polar surface area (TPSA) is 6.48 Å². The molecule has 0 saturated carbocycles. The number of para-hydroxylation sites is 4. The van der Waals surface area contributed by atoms with Crippen LogP contribution in [0.3, 0.4) is 0 Å². The molecule has 0 aliphatic carbocycles. The Bertz CT molecular complexity index is 2470. The van der Waals surface area contributed by atoms with Crippen molar-refractivity contribution < 1.29 is 0 Å². The molecular formula is C54H44N2. The van der Waals surface area contributed by atoms with E-state index in [0.29, 0.717) is 0 Å². The molecule has 2 heterocycles. The second-order valence-electron chi connectivity index (χ2n) is 16.3. The largest absolute Gasteiger partial charge is 0.310 e. The molecule has 0 spiro atoms. The van der Waals surface area contributed by atoms with E-state index in [-0.39, 0.29) is 10.8 Å². The molecule has 2 aliphatic heterocycles. The first-order valence-corrected chi connectivity index (χ1v) is 19.7. The highest BCUT2D eigenvalue weighted by atomic mass is 15.2. The molecular weight excluding hydrogens is 677 g/mol. The summed E-state index contributed by atoms with van der Waals surface area (Å²) in [6.07, 6.45) is 0. The number of benzene rings is 8. The van der Waals surface area contributed by atoms with Crippen LogP contribution in [0.25, 0.3) is 33.4 Å². The van der Waals surface area contributed by atoms with Crippen LogP contribution in [0.15, 0.2) is 194 Å². The molecule has 2 heteroatoms. The molecule has 0 fully saturated rings. The van der Waals surface area contributed by atoms with Crippen LogP contribution in [-0.4, -0.2) is 0 Å². The van der Waals surface area contributed by atoms with Crippen LogP contribution in [0.2, 0.25) is 0 Å². The third-order valence-electron chi connectivity index (χ3n) is 12.2. The van der Waals surface area contributed by atoms with Gasteiger partial charge in [0.1, 0.15) is 0 Å². The summed E-state index contributed by atoms with van der Waals surface area (Å²) in [4.78, 5) is 4.96. The summed E-state index contributed by atoms with van der Waals surface area (Å²) in [6.45, 7) is 9.40. The summed E-state index contributed by atoms with van der Waals surface area (Å²) < 4.78 is 0. The summed E-state index contributed by atoms with van der Waals surface area (Å²) in [6, 6.07) is 71.6. The van der Waals surface area contributed by atoms with Crippen molar-refractivity contribution in [2.75, 3.05) is 9.80 Å². The Labute approximate surface area is 331 Å². The van der Waals surface area contributed by atoms with Crippen LogP contribution in [0.4, 0.5) is 34.1 Å². The Kier molecular flexibility index (Phi) is 7.87.